The Kier molecular flexibility index (Phi) is 2.90. The third-order valence-electron chi connectivity index (χ3n) is 2.32. The first-order valence-corrected chi connectivity index (χ1v) is 4.48. The lowest BCUT2D eigenvalue weighted by Crippen LogP contribution is -2.50. The topological polar surface area (TPSA) is 12.5 Å². The van der Waals surface area contributed by atoms with E-state index in [-0.39, 0.29) is 0 Å². The number of morpholine rings is 1. The van der Waals surface area contributed by atoms with E-state index in [9.17, 15) is 0 Å². The summed E-state index contributed by atoms with van der Waals surface area (Å²) < 4.78 is 5.53. The summed E-state index contributed by atoms with van der Waals surface area (Å²) in [6.45, 7) is 10.8. The summed E-state index contributed by atoms with van der Waals surface area (Å²) in [6, 6.07) is 1.24. The van der Waals surface area contributed by atoms with Gasteiger partial charge >= 0.3 is 0 Å². The van der Waals surface area contributed by atoms with Crippen molar-refractivity contribution in [2.45, 2.75) is 45.9 Å². The molecule has 11 heavy (non-hydrogen) atoms. The molecule has 0 aromatic rings. The fraction of sp³-hybridized carbons (Fsp3) is 1.00. The average Bonchev–Trinajstić information content (AvgIpc) is 1.94. The van der Waals surface area contributed by atoms with E-state index in [0.29, 0.717) is 18.2 Å². The van der Waals surface area contributed by atoms with Crippen molar-refractivity contribution in [3.63, 3.8) is 0 Å². The quantitative estimate of drug-likeness (QED) is 0.572. The highest BCUT2D eigenvalue weighted by atomic mass is 16.5. The van der Waals surface area contributed by atoms with Crippen LogP contribution in [0, 0.1) is 0 Å². The van der Waals surface area contributed by atoms with Gasteiger partial charge < -0.3 is 4.74 Å². The zero-order valence-corrected chi connectivity index (χ0v) is 8.00. The molecule has 0 aromatic carbocycles. The lowest BCUT2D eigenvalue weighted by Gasteiger charge is -2.39. The Morgan fingerprint density at radius 1 is 1.36 bits per heavy atom. The molecule has 0 saturated carbocycles. The number of hydrogen-bond acceptors (Lipinski definition) is 2. The van der Waals surface area contributed by atoms with E-state index in [1.807, 2.05) is 0 Å². The number of rotatable bonds is 1. The molecule has 1 rings (SSSR count). The summed E-state index contributed by atoms with van der Waals surface area (Å²) in [5.74, 6) is 0. The largest absolute Gasteiger partial charge is 0.376 e. The van der Waals surface area contributed by atoms with Crippen molar-refractivity contribution in [2.75, 3.05) is 13.2 Å². The van der Waals surface area contributed by atoms with E-state index in [1.54, 1.807) is 0 Å². The molecule has 1 fully saturated rings. The van der Waals surface area contributed by atoms with Crippen molar-refractivity contribution in [3.8, 4) is 0 Å². The van der Waals surface area contributed by atoms with Gasteiger partial charge in [0, 0.05) is 18.6 Å². The molecular weight excluding hydrogens is 138 g/mol. The molecule has 0 bridgehead atoms. The third kappa shape index (κ3) is 2.17. The van der Waals surface area contributed by atoms with Crippen molar-refractivity contribution in [1.82, 2.24) is 4.90 Å². The van der Waals surface area contributed by atoms with Gasteiger partial charge in [0.2, 0.25) is 0 Å². The van der Waals surface area contributed by atoms with Crippen LogP contribution in [0.5, 0.6) is 0 Å². The van der Waals surface area contributed by atoms with Gasteiger partial charge in [0.15, 0.2) is 0 Å². The highest BCUT2D eigenvalue weighted by Crippen LogP contribution is 2.13. The van der Waals surface area contributed by atoms with Gasteiger partial charge in [0.1, 0.15) is 0 Å². The minimum Gasteiger partial charge on any atom is -0.376 e. The molecule has 0 aromatic heterocycles. The summed E-state index contributed by atoms with van der Waals surface area (Å²) in [4.78, 5) is 2.49. The fourth-order valence-corrected chi connectivity index (χ4v) is 1.65. The van der Waals surface area contributed by atoms with E-state index in [4.69, 9.17) is 4.74 Å². The van der Waals surface area contributed by atoms with Crippen LogP contribution in [-0.4, -0.2) is 36.2 Å². The SMILES string of the molecule is CC(C)N1C[C@H](C)OC[C@H]1C. The predicted octanol–water partition coefficient (Wildman–Crippen LogP) is 1.50. The molecule has 0 spiro atoms. The van der Waals surface area contributed by atoms with Gasteiger partial charge in [-0.3, -0.25) is 4.90 Å². The first kappa shape index (κ1) is 9.01. The molecule has 2 heteroatoms. The Bertz CT molecular complexity index is 125. The smallest absolute Gasteiger partial charge is 0.0674 e. The lowest BCUT2D eigenvalue weighted by molar-refractivity contribution is -0.0607. The van der Waals surface area contributed by atoms with Crippen molar-refractivity contribution in [1.29, 1.82) is 0 Å². The van der Waals surface area contributed by atoms with E-state index < -0.39 is 0 Å². The van der Waals surface area contributed by atoms with Crippen molar-refractivity contribution in [2.24, 2.45) is 0 Å². The van der Waals surface area contributed by atoms with E-state index in [1.165, 1.54) is 0 Å². The normalized spacial score (nSPS) is 34.6. The average molecular weight is 157 g/mol. The van der Waals surface area contributed by atoms with Gasteiger partial charge in [-0.25, -0.2) is 0 Å². The molecule has 0 radical (unpaired) electrons. The summed E-state index contributed by atoms with van der Waals surface area (Å²) in [7, 11) is 0. The maximum Gasteiger partial charge on any atom is 0.0674 e. The maximum atomic E-state index is 5.53. The Hall–Kier alpha value is -0.0800. The second-order valence-electron chi connectivity index (χ2n) is 3.78. The maximum absolute atomic E-state index is 5.53. The van der Waals surface area contributed by atoms with Crippen LogP contribution in [0.25, 0.3) is 0 Å². The number of nitrogens with zero attached hydrogens (tertiary/aromatic N) is 1. The molecule has 66 valence electrons. The summed E-state index contributed by atoms with van der Waals surface area (Å²) in [5, 5.41) is 0. The summed E-state index contributed by atoms with van der Waals surface area (Å²) in [6.07, 6.45) is 0.411. The first-order valence-electron chi connectivity index (χ1n) is 4.48. The fourth-order valence-electron chi connectivity index (χ4n) is 1.65. The van der Waals surface area contributed by atoms with E-state index in [2.05, 4.69) is 32.6 Å². The van der Waals surface area contributed by atoms with Gasteiger partial charge in [-0.05, 0) is 27.7 Å². The van der Waals surface area contributed by atoms with Gasteiger partial charge in [-0.2, -0.15) is 0 Å². The number of hydrogen-bond donors (Lipinski definition) is 0. The zero-order chi connectivity index (χ0) is 8.43. The van der Waals surface area contributed by atoms with Crippen molar-refractivity contribution >= 4 is 0 Å². The van der Waals surface area contributed by atoms with Gasteiger partial charge in [0.05, 0.1) is 12.7 Å². The Morgan fingerprint density at radius 2 is 2.00 bits per heavy atom. The standard InChI is InChI=1S/C9H19NO/c1-7(2)10-5-9(4)11-6-8(10)3/h7-9H,5-6H2,1-4H3/t8-,9+/m1/s1. The molecular formula is C9H19NO. The Balaban J connectivity index is 2.47. The van der Waals surface area contributed by atoms with Crippen LogP contribution in [0.4, 0.5) is 0 Å². The van der Waals surface area contributed by atoms with Crippen LogP contribution >= 0.6 is 0 Å². The Morgan fingerprint density at radius 3 is 2.45 bits per heavy atom. The van der Waals surface area contributed by atoms with Crippen LogP contribution in [0.2, 0.25) is 0 Å². The lowest BCUT2D eigenvalue weighted by atomic mass is 10.1. The van der Waals surface area contributed by atoms with Gasteiger partial charge in [0.25, 0.3) is 0 Å². The van der Waals surface area contributed by atoms with Crippen molar-refractivity contribution < 1.29 is 4.74 Å². The second kappa shape index (κ2) is 3.55. The van der Waals surface area contributed by atoms with Gasteiger partial charge in [-0.1, -0.05) is 0 Å². The van der Waals surface area contributed by atoms with E-state index >= 15 is 0 Å². The molecule has 0 amide bonds. The third-order valence-corrected chi connectivity index (χ3v) is 2.32. The van der Waals surface area contributed by atoms with Crippen molar-refractivity contribution in [3.05, 3.63) is 0 Å². The molecule has 1 aliphatic heterocycles. The van der Waals surface area contributed by atoms with Crippen LogP contribution in [-0.2, 0) is 4.74 Å². The summed E-state index contributed by atoms with van der Waals surface area (Å²) in [5.41, 5.74) is 0. The molecule has 1 heterocycles. The second-order valence-corrected chi connectivity index (χ2v) is 3.78. The summed E-state index contributed by atoms with van der Waals surface area (Å²) >= 11 is 0. The Labute approximate surface area is 69.5 Å². The van der Waals surface area contributed by atoms with E-state index in [0.717, 1.165) is 13.2 Å². The zero-order valence-electron chi connectivity index (χ0n) is 8.00. The highest BCUT2D eigenvalue weighted by molar-refractivity contribution is 4.77. The first-order chi connectivity index (χ1) is 5.11. The molecule has 1 aliphatic rings. The molecule has 0 N–H and O–H groups in total. The monoisotopic (exact) mass is 157 g/mol. The molecule has 1 saturated heterocycles. The number of ether oxygens (including phenoxy) is 1. The molecule has 2 nitrogen and oxygen atoms in total. The van der Waals surface area contributed by atoms with Gasteiger partial charge in [-0.15, -0.1) is 0 Å². The predicted molar refractivity (Wildman–Crippen MR) is 46.7 cm³/mol. The molecule has 0 aliphatic carbocycles. The van der Waals surface area contributed by atoms with Crippen LogP contribution in [0.3, 0.4) is 0 Å². The van der Waals surface area contributed by atoms with Crippen LogP contribution in [0.1, 0.15) is 27.7 Å². The molecule has 0 unspecified atom stereocenters. The van der Waals surface area contributed by atoms with Crippen LogP contribution < -0.4 is 0 Å². The minimum absolute atomic E-state index is 0.411. The highest BCUT2D eigenvalue weighted by Gasteiger charge is 2.24. The van der Waals surface area contributed by atoms with Crippen LogP contribution in [0.15, 0.2) is 0 Å². The minimum atomic E-state index is 0.411. The molecule has 2 atom stereocenters.